The second-order valence-corrected chi connectivity index (χ2v) is 6.01. The minimum Gasteiger partial charge on any atom is -0.453 e. The fourth-order valence-corrected chi connectivity index (χ4v) is 3.96. The van der Waals surface area contributed by atoms with E-state index in [9.17, 15) is 4.79 Å². The molecule has 2 heterocycles. The summed E-state index contributed by atoms with van der Waals surface area (Å²) in [5, 5.41) is 2.89. The van der Waals surface area contributed by atoms with Gasteiger partial charge >= 0.3 is 6.09 Å². The number of rotatable bonds is 3. The van der Waals surface area contributed by atoms with Crippen LogP contribution in [0.4, 0.5) is 4.79 Å². The Morgan fingerprint density at radius 2 is 2.06 bits per heavy atom. The molecule has 2 saturated heterocycles. The highest BCUT2D eigenvalue weighted by Crippen LogP contribution is 2.32. The molecule has 0 aromatic heterocycles. The Kier molecular flexibility index (Phi) is 5.14. The molecule has 5 nitrogen and oxygen atoms in total. The molecule has 0 aromatic rings. The molecule has 2 aliphatic rings. The number of ether oxygens (including phenoxy) is 2. The minimum absolute atomic E-state index is 0.100. The van der Waals surface area contributed by atoms with Crippen molar-refractivity contribution in [2.75, 3.05) is 51.5 Å². The molecule has 0 unspecified atom stereocenters. The van der Waals surface area contributed by atoms with Crippen LogP contribution in [0.5, 0.6) is 0 Å². The second kappa shape index (κ2) is 6.63. The van der Waals surface area contributed by atoms with Crippen LogP contribution in [0.1, 0.15) is 12.8 Å². The van der Waals surface area contributed by atoms with E-state index in [1.165, 1.54) is 18.6 Å². The molecule has 2 aliphatic heterocycles. The summed E-state index contributed by atoms with van der Waals surface area (Å²) in [6.45, 7) is 4.21. The maximum atomic E-state index is 11.3. The summed E-state index contributed by atoms with van der Waals surface area (Å²) in [6, 6.07) is 0. The highest BCUT2D eigenvalue weighted by Gasteiger charge is 2.39. The average Bonchev–Trinajstić information content (AvgIpc) is 2.46. The third kappa shape index (κ3) is 3.30. The highest BCUT2D eigenvalue weighted by atomic mass is 32.2. The lowest BCUT2D eigenvalue weighted by molar-refractivity contribution is -0.0257. The van der Waals surface area contributed by atoms with Gasteiger partial charge in [-0.05, 0) is 24.3 Å². The summed E-state index contributed by atoms with van der Waals surface area (Å²) in [5.41, 5.74) is 0.100. The molecule has 6 heteroatoms. The largest absolute Gasteiger partial charge is 0.453 e. The molecule has 0 atom stereocenters. The second-order valence-electron chi connectivity index (χ2n) is 4.78. The minimum atomic E-state index is -0.333. The van der Waals surface area contributed by atoms with Crippen LogP contribution in [0.3, 0.4) is 0 Å². The zero-order valence-electron chi connectivity index (χ0n) is 10.9. The lowest BCUT2D eigenvalue weighted by Gasteiger charge is -2.47. The average molecular weight is 274 g/mol. The zero-order valence-corrected chi connectivity index (χ0v) is 11.8. The van der Waals surface area contributed by atoms with Gasteiger partial charge in [-0.2, -0.15) is 11.8 Å². The van der Waals surface area contributed by atoms with E-state index in [0.717, 1.165) is 39.1 Å². The van der Waals surface area contributed by atoms with E-state index >= 15 is 0 Å². The third-order valence-electron chi connectivity index (χ3n) is 3.85. The number of thioether (sulfide) groups is 1. The van der Waals surface area contributed by atoms with Crippen LogP contribution in [-0.2, 0) is 9.47 Å². The van der Waals surface area contributed by atoms with Crippen molar-refractivity contribution in [3.8, 4) is 0 Å². The molecule has 0 aliphatic carbocycles. The molecule has 2 rings (SSSR count). The van der Waals surface area contributed by atoms with E-state index in [1.807, 2.05) is 11.8 Å². The van der Waals surface area contributed by atoms with Crippen LogP contribution in [0.15, 0.2) is 0 Å². The number of nitrogens with one attached hydrogen (secondary N) is 1. The van der Waals surface area contributed by atoms with E-state index in [2.05, 4.69) is 15.0 Å². The van der Waals surface area contributed by atoms with Gasteiger partial charge in [-0.15, -0.1) is 0 Å². The van der Waals surface area contributed by atoms with Gasteiger partial charge in [-0.25, -0.2) is 4.79 Å². The Labute approximate surface area is 113 Å². The molecule has 1 amide bonds. The number of hydrogen-bond acceptors (Lipinski definition) is 5. The Hall–Kier alpha value is -0.460. The summed E-state index contributed by atoms with van der Waals surface area (Å²) >= 11 is 2.00. The molecule has 104 valence electrons. The number of nitrogens with zero attached hydrogens (tertiary/aromatic N) is 1. The smallest absolute Gasteiger partial charge is 0.406 e. The van der Waals surface area contributed by atoms with Crippen molar-refractivity contribution in [2.24, 2.45) is 0 Å². The van der Waals surface area contributed by atoms with Crippen molar-refractivity contribution in [3.63, 3.8) is 0 Å². The van der Waals surface area contributed by atoms with E-state index in [1.54, 1.807) is 0 Å². The summed E-state index contributed by atoms with van der Waals surface area (Å²) in [6.07, 6.45) is 1.92. The molecule has 2 fully saturated rings. The van der Waals surface area contributed by atoms with E-state index in [4.69, 9.17) is 4.74 Å². The SMILES string of the molecule is COC(=O)NCC1(N2CCOCC2)CCSCC1. The third-order valence-corrected chi connectivity index (χ3v) is 4.84. The predicted molar refractivity (Wildman–Crippen MR) is 72.1 cm³/mol. The summed E-state index contributed by atoms with van der Waals surface area (Å²) in [7, 11) is 1.41. The maximum Gasteiger partial charge on any atom is 0.406 e. The molecular formula is C12H22N2O3S. The Morgan fingerprint density at radius 3 is 2.67 bits per heavy atom. The van der Waals surface area contributed by atoms with Crippen molar-refractivity contribution in [3.05, 3.63) is 0 Å². The monoisotopic (exact) mass is 274 g/mol. The van der Waals surface area contributed by atoms with Gasteiger partial charge in [0.05, 0.1) is 20.3 Å². The fraction of sp³-hybridized carbons (Fsp3) is 0.917. The molecule has 0 spiro atoms. The van der Waals surface area contributed by atoms with Gasteiger partial charge in [0.1, 0.15) is 0 Å². The number of alkyl carbamates (subject to hydrolysis) is 1. The van der Waals surface area contributed by atoms with Crippen LogP contribution in [0.25, 0.3) is 0 Å². The molecule has 0 saturated carbocycles. The van der Waals surface area contributed by atoms with Gasteiger partial charge in [0.2, 0.25) is 0 Å². The summed E-state index contributed by atoms with van der Waals surface area (Å²) in [4.78, 5) is 13.8. The number of carbonyl (C=O) groups excluding carboxylic acids is 1. The number of carbonyl (C=O) groups is 1. The molecule has 0 aromatic carbocycles. The maximum absolute atomic E-state index is 11.3. The van der Waals surface area contributed by atoms with Crippen LogP contribution >= 0.6 is 11.8 Å². The first-order valence-electron chi connectivity index (χ1n) is 6.49. The quantitative estimate of drug-likeness (QED) is 0.830. The molecular weight excluding hydrogens is 252 g/mol. The van der Waals surface area contributed by atoms with Crippen LogP contribution in [0.2, 0.25) is 0 Å². The van der Waals surface area contributed by atoms with E-state index in [0.29, 0.717) is 6.54 Å². The predicted octanol–water partition coefficient (Wildman–Crippen LogP) is 0.940. The van der Waals surface area contributed by atoms with Crippen molar-refractivity contribution < 1.29 is 14.3 Å². The van der Waals surface area contributed by atoms with Gasteiger partial charge in [0.15, 0.2) is 0 Å². The number of methoxy groups -OCH3 is 1. The van der Waals surface area contributed by atoms with E-state index < -0.39 is 0 Å². The summed E-state index contributed by atoms with van der Waals surface area (Å²) < 4.78 is 10.1. The normalized spacial score (nSPS) is 24.5. The van der Waals surface area contributed by atoms with Gasteiger partial charge in [-0.1, -0.05) is 0 Å². The first kappa shape index (κ1) is 14.0. The van der Waals surface area contributed by atoms with Crippen LogP contribution < -0.4 is 5.32 Å². The van der Waals surface area contributed by atoms with Crippen molar-refractivity contribution >= 4 is 17.9 Å². The lowest BCUT2D eigenvalue weighted by atomic mass is 9.89. The standard InChI is InChI=1S/C12H22N2O3S/c1-16-11(15)13-10-12(2-8-18-9-3-12)14-4-6-17-7-5-14/h2-10H2,1H3,(H,13,15). The molecule has 0 radical (unpaired) electrons. The van der Waals surface area contributed by atoms with Gasteiger partial charge in [-0.3, -0.25) is 4.90 Å². The number of amides is 1. The zero-order chi connectivity index (χ0) is 12.8. The first-order valence-corrected chi connectivity index (χ1v) is 7.65. The van der Waals surface area contributed by atoms with Crippen molar-refractivity contribution in [1.82, 2.24) is 10.2 Å². The Morgan fingerprint density at radius 1 is 1.39 bits per heavy atom. The summed E-state index contributed by atoms with van der Waals surface area (Å²) in [5.74, 6) is 2.33. The van der Waals surface area contributed by atoms with Gasteiger partial charge in [0.25, 0.3) is 0 Å². The molecule has 1 N–H and O–H groups in total. The first-order chi connectivity index (χ1) is 8.77. The topological polar surface area (TPSA) is 50.8 Å². The highest BCUT2D eigenvalue weighted by molar-refractivity contribution is 7.99. The number of hydrogen-bond donors (Lipinski definition) is 1. The lowest BCUT2D eigenvalue weighted by Crippen LogP contribution is -2.60. The van der Waals surface area contributed by atoms with Crippen molar-refractivity contribution in [2.45, 2.75) is 18.4 Å². The van der Waals surface area contributed by atoms with E-state index in [-0.39, 0.29) is 11.6 Å². The fourth-order valence-electron chi connectivity index (χ4n) is 2.70. The van der Waals surface area contributed by atoms with Gasteiger partial charge in [0, 0.05) is 25.2 Å². The van der Waals surface area contributed by atoms with Gasteiger partial charge < -0.3 is 14.8 Å². The van der Waals surface area contributed by atoms with Crippen LogP contribution in [-0.4, -0.2) is 68.0 Å². The number of morpholine rings is 1. The Bertz CT molecular complexity index is 276. The Balaban J connectivity index is 1.99. The van der Waals surface area contributed by atoms with Crippen molar-refractivity contribution in [1.29, 1.82) is 0 Å². The van der Waals surface area contributed by atoms with Crippen LogP contribution in [0, 0.1) is 0 Å². The molecule has 18 heavy (non-hydrogen) atoms. The molecule has 0 bridgehead atoms.